The van der Waals surface area contributed by atoms with E-state index >= 15 is 0 Å². The van der Waals surface area contributed by atoms with Crippen molar-refractivity contribution in [2.75, 3.05) is 6.54 Å². The number of hydrogen-bond donors (Lipinski definition) is 3. The summed E-state index contributed by atoms with van der Waals surface area (Å²) < 4.78 is 0. The van der Waals surface area contributed by atoms with Crippen LogP contribution in [0.2, 0.25) is 0 Å². The van der Waals surface area contributed by atoms with Crippen molar-refractivity contribution in [2.24, 2.45) is 0 Å². The van der Waals surface area contributed by atoms with Gasteiger partial charge in [0.25, 0.3) is 0 Å². The van der Waals surface area contributed by atoms with Crippen LogP contribution in [-0.2, 0) is 6.42 Å². The third kappa shape index (κ3) is 2.55. The Bertz CT molecular complexity index is 409. The molecular weight excluding hydrogens is 214 g/mol. The molecule has 17 heavy (non-hydrogen) atoms. The van der Waals surface area contributed by atoms with Crippen LogP contribution in [0.15, 0.2) is 6.07 Å². The lowest BCUT2D eigenvalue weighted by atomic mass is 9.94. The lowest BCUT2D eigenvalue weighted by Gasteiger charge is -2.24. The number of aryl methyl sites for hydroxylation is 1. The normalized spacial score (nSPS) is 20.5. The molecule has 1 atom stereocenters. The van der Waals surface area contributed by atoms with Crippen LogP contribution >= 0.6 is 0 Å². The van der Waals surface area contributed by atoms with E-state index in [1.807, 2.05) is 19.9 Å². The first kappa shape index (κ1) is 12.2. The van der Waals surface area contributed by atoms with Crippen LogP contribution in [0, 0.1) is 13.8 Å². The second kappa shape index (κ2) is 4.96. The van der Waals surface area contributed by atoms with Crippen molar-refractivity contribution in [3.05, 3.63) is 22.8 Å². The van der Waals surface area contributed by atoms with Gasteiger partial charge in [-0.15, -0.1) is 0 Å². The van der Waals surface area contributed by atoms with E-state index in [-0.39, 0.29) is 11.5 Å². The summed E-state index contributed by atoms with van der Waals surface area (Å²) in [5.41, 5.74) is 2.65. The fourth-order valence-corrected chi connectivity index (χ4v) is 2.47. The van der Waals surface area contributed by atoms with Crippen LogP contribution < -0.4 is 5.32 Å². The highest BCUT2D eigenvalue weighted by atomic mass is 16.3. The van der Waals surface area contributed by atoms with Gasteiger partial charge in [-0.1, -0.05) is 12.5 Å². The van der Waals surface area contributed by atoms with Gasteiger partial charge in [-0.25, -0.2) is 0 Å². The van der Waals surface area contributed by atoms with Crippen molar-refractivity contribution in [1.29, 1.82) is 0 Å². The van der Waals surface area contributed by atoms with Gasteiger partial charge in [0.2, 0.25) is 0 Å². The molecule has 0 bridgehead atoms. The number of benzene rings is 1. The zero-order valence-electron chi connectivity index (χ0n) is 10.6. The molecule has 1 aromatic rings. The number of phenols is 2. The fraction of sp³-hybridized carbons (Fsp3) is 0.571. The van der Waals surface area contributed by atoms with Crippen LogP contribution in [-0.4, -0.2) is 22.8 Å². The Morgan fingerprint density at radius 1 is 1.24 bits per heavy atom. The quantitative estimate of drug-likeness (QED) is 0.690. The van der Waals surface area contributed by atoms with E-state index in [1.165, 1.54) is 12.8 Å². The predicted octanol–water partition coefficient (Wildman–Crippen LogP) is 2.40. The van der Waals surface area contributed by atoms with Gasteiger partial charge < -0.3 is 15.5 Å². The minimum atomic E-state index is 0.0378. The van der Waals surface area contributed by atoms with Gasteiger partial charge in [0.05, 0.1) is 0 Å². The Morgan fingerprint density at radius 3 is 2.65 bits per heavy atom. The molecule has 0 amide bonds. The first-order valence-electron chi connectivity index (χ1n) is 6.34. The van der Waals surface area contributed by atoms with E-state index in [0.717, 1.165) is 36.1 Å². The van der Waals surface area contributed by atoms with Gasteiger partial charge in [-0.05, 0) is 56.3 Å². The highest BCUT2D eigenvalue weighted by Crippen LogP contribution is 2.35. The lowest BCUT2D eigenvalue weighted by Crippen LogP contribution is -2.35. The van der Waals surface area contributed by atoms with Gasteiger partial charge in [0, 0.05) is 6.04 Å². The smallest absolute Gasteiger partial charge is 0.161 e. The monoisotopic (exact) mass is 235 g/mol. The number of rotatable bonds is 2. The first-order valence-corrected chi connectivity index (χ1v) is 6.34. The summed E-state index contributed by atoms with van der Waals surface area (Å²) in [7, 11) is 0. The molecule has 1 aromatic carbocycles. The second-order valence-electron chi connectivity index (χ2n) is 5.03. The van der Waals surface area contributed by atoms with Crippen LogP contribution in [0.1, 0.15) is 36.0 Å². The molecule has 1 heterocycles. The number of phenolic OH excluding ortho intramolecular Hbond substituents is 2. The van der Waals surface area contributed by atoms with E-state index in [4.69, 9.17) is 0 Å². The molecule has 3 nitrogen and oxygen atoms in total. The first-order chi connectivity index (χ1) is 8.09. The lowest BCUT2D eigenvalue weighted by molar-refractivity contribution is 0.376. The van der Waals surface area contributed by atoms with Crippen molar-refractivity contribution in [3.63, 3.8) is 0 Å². The fourth-order valence-electron chi connectivity index (χ4n) is 2.47. The Hall–Kier alpha value is -1.22. The highest BCUT2D eigenvalue weighted by Gasteiger charge is 2.18. The molecule has 0 radical (unpaired) electrons. The molecule has 3 N–H and O–H groups in total. The number of hydrogen-bond acceptors (Lipinski definition) is 3. The molecular formula is C14H21NO2. The Balaban J connectivity index is 2.20. The molecule has 1 fully saturated rings. The molecule has 1 aliphatic heterocycles. The SMILES string of the molecule is Cc1cc(CC2CCCCN2)c(O)c(O)c1C. The topological polar surface area (TPSA) is 52.5 Å². The van der Waals surface area contributed by atoms with Gasteiger partial charge in [-0.2, -0.15) is 0 Å². The molecule has 1 saturated heterocycles. The third-order valence-electron chi connectivity index (χ3n) is 3.74. The highest BCUT2D eigenvalue weighted by molar-refractivity contribution is 5.53. The van der Waals surface area contributed by atoms with Crippen molar-refractivity contribution in [2.45, 2.75) is 45.6 Å². The third-order valence-corrected chi connectivity index (χ3v) is 3.74. The van der Waals surface area contributed by atoms with Crippen LogP contribution in [0.3, 0.4) is 0 Å². The van der Waals surface area contributed by atoms with E-state index in [9.17, 15) is 10.2 Å². The van der Waals surface area contributed by atoms with Crippen LogP contribution in [0.4, 0.5) is 0 Å². The molecule has 1 unspecified atom stereocenters. The van der Waals surface area contributed by atoms with Gasteiger partial charge in [0.1, 0.15) is 0 Å². The van der Waals surface area contributed by atoms with Crippen molar-refractivity contribution >= 4 is 0 Å². The zero-order valence-corrected chi connectivity index (χ0v) is 10.6. The van der Waals surface area contributed by atoms with Crippen LogP contribution in [0.5, 0.6) is 11.5 Å². The summed E-state index contributed by atoms with van der Waals surface area (Å²) >= 11 is 0. The molecule has 0 aromatic heterocycles. The van der Waals surface area contributed by atoms with Gasteiger partial charge >= 0.3 is 0 Å². The number of nitrogens with one attached hydrogen (secondary N) is 1. The van der Waals surface area contributed by atoms with Gasteiger partial charge in [-0.3, -0.25) is 0 Å². The molecule has 0 spiro atoms. The van der Waals surface area contributed by atoms with Gasteiger partial charge in [0.15, 0.2) is 11.5 Å². The van der Waals surface area contributed by atoms with E-state index in [0.29, 0.717) is 6.04 Å². The Kier molecular flexibility index (Phi) is 3.57. The summed E-state index contributed by atoms with van der Waals surface area (Å²) in [5.74, 6) is 0.0938. The summed E-state index contributed by atoms with van der Waals surface area (Å²) in [6.45, 7) is 4.85. The maximum absolute atomic E-state index is 9.96. The molecule has 1 aliphatic rings. The molecule has 3 heteroatoms. The maximum atomic E-state index is 9.96. The largest absolute Gasteiger partial charge is 0.504 e. The second-order valence-corrected chi connectivity index (χ2v) is 5.03. The maximum Gasteiger partial charge on any atom is 0.161 e. The standard InChI is InChI=1S/C14H21NO2/c1-9-7-11(14(17)13(16)10(9)2)8-12-5-3-4-6-15-12/h7,12,15-17H,3-6,8H2,1-2H3. The number of piperidine rings is 1. The van der Waals surface area contributed by atoms with Crippen molar-refractivity contribution < 1.29 is 10.2 Å². The van der Waals surface area contributed by atoms with Crippen molar-refractivity contribution in [1.82, 2.24) is 5.32 Å². The molecule has 94 valence electrons. The minimum absolute atomic E-state index is 0.0378. The zero-order chi connectivity index (χ0) is 12.4. The Morgan fingerprint density at radius 2 is 2.00 bits per heavy atom. The summed E-state index contributed by atoms with van der Waals surface area (Å²) in [4.78, 5) is 0. The minimum Gasteiger partial charge on any atom is -0.504 e. The van der Waals surface area contributed by atoms with E-state index in [1.54, 1.807) is 0 Å². The molecule has 0 saturated carbocycles. The summed E-state index contributed by atoms with van der Waals surface area (Å²) in [6.07, 6.45) is 4.42. The average Bonchev–Trinajstić information content (AvgIpc) is 2.35. The van der Waals surface area contributed by atoms with E-state index in [2.05, 4.69) is 5.32 Å². The Labute approximate surface area is 102 Å². The molecule has 0 aliphatic carbocycles. The molecule has 2 rings (SSSR count). The van der Waals surface area contributed by atoms with E-state index < -0.39 is 0 Å². The summed E-state index contributed by atoms with van der Waals surface area (Å²) in [5, 5.41) is 23.2. The summed E-state index contributed by atoms with van der Waals surface area (Å²) in [6, 6.07) is 2.41. The number of aromatic hydroxyl groups is 2. The van der Waals surface area contributed by atoms with Crippen LogP contribution in [0.25, 0.3) is 0 Å². The predicted molar refractivity (Wildman–Crippen MR) is 68.6 cm³/mol. The van der Waals surface area contributed by atoms with Crippen molar-refractivity contribution in [3.8, 4) is 11.5 Å². The average molecular weight is 235 g/mol.